The lowest BCUT2D eigenvalue weighted by atomic mass is 9.77. The molecule has 2 aliphatic heterocycles. The molecule has 9 heteroatoms. The SMILES string of the molecule is CCC(=O)NC(CCN1CCC2(CC1)CCN(Cc1ccc(S(C)(=O)=O)cc1)C2=O)c1ccc(Cl)cc1. The van der Waals surface area contributed by atoms with Crippen LogP contribution >= 0.6 is 11.6 Å². The molecule has 0 saturated carbocycles. The minimum Gasteiger partial charge on any atom is -0.349 e. The van der Waals surface area contributed by atoms with Crippen molar-refractivity contribution in [3.05, 3.63) is 64.7 Å². The van der Waals surface area contributed by atoms with E-state index < -0.39 is 9.84 Å². The maximum absolute atomic E-state index is 13.4. The first-order chi connectivity index (χ1) is 17.6. The fraction of sp³-hybridized carbons (Fsp3) is 0.500. The van der Waals surface area contributed by atoms with E-state index in [9.17, 15) is 18.0 Å². The number of amides is 2. The maximum atomic E-state index is 13.4. The number of halogens is 1. The molecule has 0 aliphatic carbocycles. The van der Waals surface area contributed by atoms with E-state index in [4.69, 9.17) is 11.6 Å². The number of benzene rings is 2. The minimum absolute atomic E-state index is 0.0279. The molecule has 2 heterocycles. The fourth-order valence-electron chi connectivity index (χ4n) is 5.40. The Morgan fingerprint density at radius 1 is 1.03 bits per heavy atom. The van der Waals surface area contributed by atoms with Gasteiger partial charge in [-0.25, -0.2) is 8.42 Å². The lowest BCUT2D eigenvalue weighted by Crippen LogP contribution is -2.45. The van der Waals surface area contributed by atoms with Gasteiger partial charge in [-0.2, -0.15) is 0 Å². The molecule has 2 aromatic carbocycles. The standard InChI is InChI=1S/C28H36ClN3O4S/c1-3-26(33)30-25(22-6-8-23(29)9-7-22)12-16-31-17-13-28(14-18-31)15-19-32(27(28)34)20-21-4-10-24(11-5-21)37(2,35)36/h4-11,25H,3,12-20H2,1-2H3,(H,30,33). The van der Waals surface area contributed by atoms with Gasteiger partial charge in [0, 0.05) is 37.3 Å². The Balaban J connectivity index is 1.31. The summed E-state index contributed by atoms with van der Waals surface area (Å²) in [4.78, 5) is 30.1. The average Bonchev–Trinajstić information content (AvgIpc) is 3.17. The monoisotopic (exact) mass is 545 g/mol. The molecule has 4 rings (SSSR count). The number of likely N-dealkylation sites (tertiary alicyclic amines) is 2. The number of hydrogen-bond donors (Lipinski definition) is 1. The summed E-state index contributed by atoms with van der Waals surface area (Å²) in [7, 11) is -3.23. The summed E-state index contributed by atoms with van der Waals surface area (Å²) in [5.74, 6) is 0.244. The Morgan fingerprint density at radius 2 is 1.65 bits per heavy atom. The van der Waals surface area contributed by atoms with Gasteiger partial charge in [0.1, 0.15) is 0 Å². The fourth-order valence-corrected chi connectivity index (χ4v) is 6.16. The second kappa shape index (κ2) is 11.5. The van der Waals surface area contributed by atoms with Crippen molar-refractivity contribution >= 4 is 33.3 Å². The van der Waals surface area contributed by atoms with Crippen molar-refractivity contribution in [3.8, 4) is 0 Å². The first-order valence-electron chi connectivity index (χ1n) is 13.0. The molecule has 0 bridgehead atoms. The second-order valence-corrected chi connectivity index (χ2v) is 12.8. The van der Waals surface area contributed by atoms with Gasteiger partial charge in [0.15, 0.2) is 9.84 Å². The van der Waals surface area contributed by atoms with Crippen LogP contribution in [0.2, 0.25) is 5.02 Å². The zero-order chi connectivity index (χ0) is 26.6. The zero-order valence-corrected chi connectivity index (χ0v) is 23.2. The van der Waals surface area contributed by atoms with Crippen LogP contribution in [0.4, 0.5) is 0 Å². The third-order valence-electron chi connectivity index (χ3n) is 7.80. The number of piperidine rings is 1. The van der Waals surface area contributed by atoms with Crippen LogP contribution in [0.5, 0.6) is 0 Å². The van der Waals surface area contributed by atoms with Crippen molar-refractivity contribution < 1.29 is 18.0 Å². The van der Waals surface area contributed by atoms with Crippen molar-refractivity contribution in [1.82, 2.24) is 15.1 Å². The summed E-state index contributed by atoms with van der Waals surface area (Å²) in [5, 5.41) is 3.81. The third-order valence-corrected chi connectivity index (χ3v) is 9.18. The predicted octanol–water partition coefficient (Wildman–Crippen LogP) is 4.22. The second-order valence-electron chi connectivity index (χ2n) is 10.3. The molecule has 1 N–H and O–H groups in total. The van der Waals surface area contributed by atoms with Crippen molar-refractivity contribution in [2.75, 3.05) is 32.4 Å². The molecule has 2 aromatic rings. The van der Waals surface area contributed by atoms with Gasteiger partial charge < -0.3 is 15.1 Å². The Kier molecular flexibility index (Phi) is 8.61. The van der Waals surface area contributed by atoms with Crippen LogP contribution in [-0.4, -0.2) is 62.5 Å². The van der Waals surface area contributed by atoms with Crippen molar-refractivity contribution in [2.24, 2.45) is 5.41 Å². The first-order valence-corrected chi connectivity index (χ1v) is 15.2. The normalized spacial score (nSPS) is 18.8. The van der Waals surface area contributed by atoms with E-state index in [1.807, 2.05) is 36.1 Å². The number of nitrogens with zero attached hydrogens (tertiary/aromatic N) is 2. The summed E-state index contributed by atoms with van der Waals surface area (Å²) < 4.78 is 23.4. The molecule has 2 saturated heterocycles. The van der Waals surface area contributed by atoms with Crippen molar-refractivity contribution in [3.63, 3.8) is 0 Å². The molecule has 37 heavy (non-hydrogen) atoms. The molecule has 2 fully saturated rings. The number of nitrogens with one attached hydrogen (secondary N) is 1. The molecule has 7 nitrogen and oxygen atoms in total. The molecular weight excluding hydrogens is 510 g/mol. The Hall–Kier alpha value is -2.42. The van der Waals surface area contributed by atoms with Crippen LogP contribution in [0.3, 0.4) is 0 Å². The molecule has 2 amide bonds. The maximum Gasteiger partial charge on any atom is 0.229 e. The smallest absolute Gasteiger partial charge is 0.229 e. The average molecular weight is 546 g/mol. The van der Waals surface area contributed by atoms with Gasteiger partial charge in [-0.15, -0.1) is 0 Å². The topological polar surface area (TPSA) is 86.8 Å². The summed E-state index contributed by atoms with van der Waals surface area (Å²) in [6.45, 7) is 5.65. The van der Waals surface area contributed by atoms with Gasteiger partial charge in [-0.05, 0) is 74.2 Å². The number of rotatable bonds is 9. The highest BCUT2D eigenvalue weighted by atomic mass is 35.5. The quantitative estimate of drug-likeness (QED) is 0.510. The molecule has 200 valence electrons. The van der Waals surface area contributed by atoms with Crippen LogP contribution in [-0.2, 0) is 26.0 Å². The van der Waals surface area contributed by atoms with E-state index in [1.165, 1.54) is 6.26 Å². The van der Waals surface area contributed by atoms with Gasteiger partial charge in [0.05, 0.1) is 16.4 Å². The van der Waals surface area contributed by atoms with E-state index in [-0.39, 0.29) is 23.3 Å². The number of hydrogen-bond acceptors (Lipinski definition) is 5. The highest BCUT2D eigenvalue weighted by Crippen LogP contribution is 2.42. The Morgan fingerprint density at radius 3 is 2.24 bits per heavy atom. The van der Waals surface area contributed by atoms with E-state index in [0.717, 1.165) is 63.0 Å². The Bertz CT molecular complexity index is 1210. The number of carbonyl (C=O) groups excluding carboxylic acids is 2. The summed E-state index contributed by atoms with van der Waals surface area (Å²) in [6, 6.07) is 14.4. The Labute approximate surface area is 225 Å². The van der Waals surface area contributed by atoms with Crippen LogP contribution < -0.4 is 5.32 Å². The van der Waals surface area contributed by atoms with E-state index in [1.54, 1.807) is 24.3 Å². The summed E-state index contributed by atoms with van der Waals surface area (Å²) in [5.41, 5.74) is 1.69. The van der Waals surface area contributed by atoms with Gasteiger partial charge in [-0.1, -0.05) is 42.8 Å². The van der Waals surface area contributed by atoms with Crippen molar-refractivity contribution in [1.29, 1.82) is 0 Å². The largest absolute Gasteiger partial charge is 0.349 e. The van der Waals surface area contributed by atoms with Crippen LogP contribution in [0.25, 0.3) is 0 Å². The van der Waals surface area contributed by atoms with Crippen LogP contribution in [0.1, 0.15) is 56.2 Å². The van der Waals surface area contributed by atoms with E-state index in [0.29, 0.717) is 22.9 Å². The molecule has 1 unspecified atom stereocenters. The zero-order valence-electron chi connectivity index (χ0n) is 21.6. The van der Waals surface area contributed by atoms with Crippen LogP contribution in [0, 0.1) is 5.41 Å². The molecule has 0 radical (unpaired) electrons. The van der Waals surface area contributed by atoms with E-state index >= 15 is 0 Å². The third kappa shape index (κ3) is 6.72. The summed E-state index contributed by atoms with van der Waals surface area (Å²) in [6.07, 6.45) is 4.97. The molecular formula is C28H36ClN3O4S. The molecule has 2 aliphatic rings. The predicted molar refractivity (Wildman–Crippen MR) is 145 cm³/mol. The van der Waals surface area contributed by atoms with Gasteiger partial charge in [0.2, 0.25) is 11.8 Å². The lowest BCUT2D eigenvalue weighted by molar-refractivity contribution is -0.139. The molecule has 1 spiro atoms. The van der Waals surface area contributed by atoms with Crippen LogP contribution in [0.15, 0.2) is 53.4 Å². The van der Waals surface area contributed by atoms with E-state index in [2.05, 4.69) is 10.2 Å². The van der Waals surface area contributed by atoms with Crippen molar-refractivity contribution in [2.45, 2.75) is 56.5 Å². The molecule has 0 aromatic heterocycles. The molecule has 1 atom stereocenters. The highest BCUT2D eigenvalue weighted by Gasteiger charge is 2.47. The van der Waals surface area contributed by atoms with Gasteiger partial charge >= 0.3 is 0 Å². The lowest BCUT2D eigenvalue weighted by Gasteiger charge is -2.38. The minimum atomic E-state index is -3.23. The number of sulfone groups is 1. The van der Waals surface area contributed by atoms with Gasteiger partial charge in [0.25, 0.3) is 0 Å². The number of carbonyl (C=O) groups is 2. The first kappa shape index (κ1) is 27.6. The summed E-state index contributed by atoms with van der Waals surface area (Å²) >= 11 is 6.05. The van der Waals surface area contributed by atoms with Gasteiger partial charge in [-0.3, -0.25) is 9.59 Å². The highest BCUT2D eigenvalue weighted by molar-refractivity contribution is 7.90.